The molecule has 0 saturated heterocycles. The molecule has 0 aromatic heterocycles. The number of ether oxygens (including phenoxy) is 2. The van der Waals surface area contributed by atoms with Gasteiger partial charge in [0.15, 0.2) is 11.5 Å². The molecule has 0 bridgehead atoms. The van der Waals surface area contributed by atoms with E-state index in [-0.39, 0.29) is 0 Å². The molecule has 4 nitrogen and oxygen atoms in total. The first kappa shape index (κ1) is 7.24. The molecule has 0 amide bonds. The zero-order valence-corrected chi connectivity index (χ0v) is 6.41. The predicted octanol–water partition coefficient (Wildman–Crippen LogP) is 1.26. The summed E-state index contributed by atoms with van der Waals surface area (Å²) in [4.78, 5) is 0. The Labute approximate surface area is 69.7 Å². The molecule has 4 heteroatoms. The number of rotatable bonds is 1. The van der Waals surface area contributed by atoms with Gasteiger partial charge in [0.1, 0.15) is 13.2 Å². The van der Waals surface area contributed by atoms with Crippen LogP contribution in [0.25, 0.3) is 0 Å². The largest absolute Gasteiger partial charge is 0.486 e. The van der Waals surface area contributed by atoms with Gasteiger partial charge in [-0.3, -0.25) is 10.7 Å². The minimum absolute atomic E-state index is 0.557. The number of nitrogens with one attached hydrogen (secondary N) is 1. The summed E-state index contributed by atoms with van der Waals surface area (Å²) in [7, 11) is 0. The summed E-state index contributed by atoms with van der Waals surface area (Å²) in [6.45, 7) is 1.14. The molecule has 1 aliphatic heterocycles. The van der Waals surface area contributed by atoms with Gasteiger partial charge in [-0.25, -0.2) is 0 Å². The molecule has 1 aromatic rings. The molecule has 1 aromatic carbocycles. The Kier molecular flexibility index (Phi) is 1.75. The number of hydrogen-bond donors (Lipinski definition) is 2. The third-order valence-electron chi connectivity index (χ3n) is 1.67. The first-order valence-corrected chi connectivity index (χ1v) is 3.70. The topological polar surface area (TPSA) is 50.7 Å². The second-order valence-corrected chi connectivity index (χ2v) is 2.47. The molecule has 12 heavy (non-hydrogen) atoms. The lowest BCUT2D eigenvalue weighted by atomic mass is 10.2. The fourth-order valence-corrected chi connectivity index (χ4v) is 1.11. The van der Waals surface area contributed by atoms with Crippen LogP contribution in [0, 0.1) is 0 Å². The summed E-state index contributed by atoms with van der Waals surface area (Å²) < 4.78 is 10.6. The molecular weight excluding hydrogens is 158 g/mol. The van der Waals surface area contributed by atoms with Crippen LogP contribution in [0.4, 0.5) is 5.69 Å². The lowest BCUT2D eigenvalue weighted by Gasteiger charge is -2.18. The normalized spacial score (nSPS) is 14.1. The highest BCUT2D eigenvalue weighted by molar-refractivity contribution is 5.53. The van der Waals surface area contributed by atoms with Crippen molar-refractivity contribution in [1.29, 1.82) is 0 Å². The van der Waals surface area contributed by atoms with E-state index in [0.717, 1.165) is 5.75 Å². The van der Waals surface area contributed by atoms with Gasteiger partial charge < -0.3 is 9.47 Å². The van der Waals surface area contributed by atoms with Gasteiger partial charge in [-0.1, -0.05) is 0 Å². The van der Waals surface area contributed by atoms with Crippen molar-refractivity contribution >= 4 is 5.69 Å². The zero-order valence-electron chi connectivity index (χ0n) is 6.41. The molecule has 2 rings (SSSR count). The summed E-state index contributed by atoms with van der Waals surface area (Å²) in [5.74, 6) is 1.39. The highest BCUT2D eigenvalue weighted by Gasteiger charge is 2.10. The van der Waals surface area contributed by atoms with E-state index in [1.54, 1.807) is 18.2 Å². The van der Waals surface area contributed by atoms with Gasteiger partial charge in [-0.2, -0.15) is 0 Å². The fraction of sp³-hybridized carbons (Fsp3) is 0.250. The average Bonchev–Trinajstić information content (AvgIpc) is 2.17. The van der Waals surface area contributed by atoms with Crippen molar-refractivity contribution in [3.63, 3.8) is 0 Å². The summed E-state index contributed by atoms with van der Waals surface area (Å²) in [6, 6.07) is 5.16. The van der Waals surface area contributed by atoms with Gasteiger partial charge in [-0.15, -0.1) is 0 Å². The smallest absolute Gasteiger partial charge is 0.163 e. The van der Waals surface area contributed by atoms with Crippen molar-refractivity contribution in [1.82, 2.24) is 0 Å². The SMILES string of the molecule is ONc1ccc2c(c1)OCCO2. The van der Waals surface area contributed by atoms with E-state index >= 15 is 0 Å². The van der Waals surface area contributed by atoms with Crippen molar-refractivity contribution in [3.05, 3.63) is 18.2 Å². The van der Waals surface area contributed by atoms with E-state index < -0.39 is 0 Å². The average molecular weight is 167 g/mol. The van der Waals surface area contributed by atoms with E-state index in [1.807, 2.05) is 5.48 Å². The van der Waals surface area contributed by atoms with E-state index in [4.69, 9.17) is 14.7 Å². The lowest BCUT2D eigenvalue weighted by molar-refractivity contribution is 0.171. The Morgan fingerprint density at radius 3 is 2.67 bits per heavy atom. The molecule has 1 aliphatic rings. The Balaban J connectivity index is 2.36. The van der Waals surface area contributed by atoms with Crippen LogP contribution in [0.2, 0.25) is 0 Å². The quantitative estimate of drug-likeness (QED) is 0.618. The van der Waals surface area contributed by atoms with Gasteiger partial charge in [0.25, 0.3) is 0 Å². The number of fused-ring (bicyclic) bond motifs is 1. The van der Waals surface area contributed by atoms with Gasteiger partial charge in [0.05, 0.1) is 5.69 Å². The van der Waals surface area contributed by atoms with Crippen LogP contribution >= 0.6 is 0 Å². The molecule has 0 atom stereocenters. The molecular formula is C8H9NO3. The van der Waals surface area contributed by atoms with Crippen LogP contribution in [0.3, 0.4) is 0 Å². The maximum Gasteiger partial charge on any atom is 0.163 e. The third kappa shape index (κ3) is 1.16. The van der Waals surface area contributed by atoms with Crippen LogP contribution in [0.1, 0.15) is 0 Å². The van der Waals surface area contributed by atoms with Crippen molar-refractivity contribution in [3.8, 4) is 11.5 Å². The van der Waals surface area contributed by atoms with E-state index in [9.17, 15) is 0 Å². The third-order valence-corrected chi connectivity index (χ3v) is 1.67. The second kappa shape index (κ2) is 2.91. The van der Waals surface area contributed by atoms with E-state index in [0.29, 0.717) is 24.7 Å². The van der Waals surface area contributed by atoms with Crippen LogP contribution in [0.15, 0.2) is 18.2 Å². The first-order chi connectivity index (χ1) is 5.90. The Bertz CT molecular complexity index is 288. The predicted molar refractivity (Wildman–Crippen MR) is 42.8 cm³/mol. The second-order valence-electron chi connectivity index (χ2n) is 2.47. The molecule has 0 fully saturated rings. The molecule has 0 unspecified atom stereocenters. The highest BCUT2D eigenvalue weighted by atomic mass is 16.6. The van der Waals surface area contributed by atoms with Crippen molar-refractivity contribution in [2.24, 2.45) is 0 Å². The lowest BCUT2D eigenvalue weighted by Crippen LogP contribution is -2.15. The van der Waals surface area contributed by atoms with Crippen LogP contribution in [0.5, 0.6) is 11.5 Å². The Morgan fingerprint density at radius 2 is 1.92 bits per heavy atom. The monoisotopic (exact) mass is 167 g/mol. The van der Waals surface area contributed by atoms with E-state index in [2.05, 4.69) is 0 Å². The van der Waals surface area contributed by atoms with E-state index in [1.165, 1.54) is 0 Å². The maximum atomic E-state index is 8.59. The van der Waals surface area contributed by atoms with Gasteiger partial charge in [0, 0.05) is 6.07 Å². The van der Waals surface area contributed by atoms with Gasteiger partial charge in [0.2, 0.25) is 0 Å². The molecule has 64 valence electrons. The van der Waals surface area contributed by atoms with Crippen molar-refractivity contribution < 1.29 is 14.7 Å². The number of benzene rings is 1. The first-order valence-electron chi connectivity index (χ1n) is 3.70. The summed E-state index contributed by atoms with van der Waals surface area (Å²) in [5.41, 5.74) is 2.64. The van der Waals surface area contributed by atoms with Crippen LogP contribution in [-0.2, 0) is 0 Å². The Hall–Kier alpha value is -1.42. The Morgan fingerprint density at radius 1 is 1.17 bits per heavy atom. The van der Waals surface area contributed by atoms with Gasteiger partial charge in [-0.05, 0) is 12.1 Å². The molecule has 0 saturated carbocycles. The van der Waals surface area contributed by atoms with Crippen LogP contribution < -0.4 is 15.0 Å². The maximum absolute atomic E-state index is 8.59. The highest BCUT2D eigenvalue weighted by Crippen LogP contribution is 2.32. The molecule has 0 radical (unpaired) electrons. The van der Waals surface area contributed by atoms with Crippen LogP contribution in [-0.4, -0.2) is 18.4 Å². The number of hydrogen-bond acceptors (Lipinski definition) is 4. The minimum Gasteiger partial charge on any atom is -0.486 e. The zero-order chi connectivity index (χ0) is 8.39. The summed E-state index contributed by atoms with van der Waals surface area (Å²) >= 11 is 0. The summed E-state index contributed by atoms with van der Waals surface area (Å²) in [6.07, 6.45) is 0. The molecule has 2 N–H and O–H groups in total. The standard InChI is InChI=1S/C8H9NO3/c10-9-6-1-2-7-8(5-6)12-4-3-11-7/h1-2,5,9-10H,3-4H2. The van der Waals surface area contributed by atoms with Crippen molar-refractivity contribution in [2.75, 3.05) is 18.7 Å². The summed E-state index contributed by atoms with van der Waals surface area (Å²) in [5, 5.41) is 8.59. The minimum atomic E-state index is 0.557. The molecule has 0 spiro atoms. The molecule has 0 aliphatic carbocycles. The van der Waals surface area contributed by atoms with Gasteiger partial charge >= 0.3 is 0 Å². The fourth-order valence-electron chi connectivity index (χ4n) is 1.11. The number of anilines is 1. The molecule has 1 heterocycles. The van der Waals surface area contributed by atoms with Crippen molar-refractivity contribution in [2.45, 2.75) is 0 Å².